The molecule has 0 saturated heterocycles. The molecule has 0 atom stereocenters. The number of nitrogens with zero attached hydrogens (tertiary/aromatic N) is 2. The van der Waals surface area contributed by atoms with Crippen molar-refractivity contribution in [3.63, 3.8) is 0 Å². The Kier molecular flexibility index (Phi) is 9.46. The van der Waals surface area contributed by atoms with Gasteiger partial charge in [-0.1, -0.05) is 24.3 Å². The van der Waals surface area contributed by atoms with Crippen LogP contribution >= 0.6 is 24.0 Å². The van der Waals surface area contributed by atoms with Crippen molar-refractivity contribution in [3.8, 4) is 0 Å². The fourth-order valence-electron chi connectivity index (χ4n) is 2.30. The predicted molar refractivity (Wildman–Crippen MR) is 123 cm³/mol. The molecule has 0 aromatic heterocycles. The van der Waals surface area contributed by atoms with Crippen molar-refractivity contribution < 1.29 is 13.3 Å². The molecule has 0 radical (unpaired) electrons. The van der Waals surface area contributed by atoms with Gasteiger partial charge in [-0.25, -0.2) is 18.5 Å². The minimum absolute atomic E-state index is 0. The second-order valence-electron chi connectivity index (χ2n) is 6.43. The first kappa shape index (κ1) is 24.8. The Labute approximate surface area is 187 Å². The smallest absolute Gasteiger partial charge is 0.269 e. The molecule has 0 saturated carbocycles. The maximum Gasteiger partial charge on any atom is 0.269 e. The highest BCUT2D eigenvalue weighted by Crippen LogP contribution is 2.12. The minimum Gasteiger partial charge on any atom is -0.354 e. The molecular formula is C18H24IN5O4S. The highest BCUT2D eigenvalue weighted by Gasteiger charge is 2.08. The van der Waals surface area contributed by atoms with Crippen LogP contribution in [0.4, 0.5) is 5.69 Å². The van der Waals surface area contributed by atoms with Gasteiger partial charge >= 0.3 is 0 Å². The Hall–Kier alpha value is -2.25. The summed E-state index contributed by atoms with van der Waals surface area (Å²) in [6.07, 6.45) is 0. The molecule has 0 bridgehead atoms. The van der Waals surface area contributed by atoms with Crippen LogP contribution in [-0.4, -0.2) is 25.3 Å². The summed E-state index contributed by atoms with van der Waals surface area (Å²) >= 11 is 0. The number of non-ortho nitro benzene ring substituents is 1. The van der Waals surface area contributed by atoms with Gasteiger partial charge in [0.1, 0.15) is 0 Å². The average Bonchev–Trinajstić information content (AvgIpc) is 2.63. The monoisotopic (exact) mass is 533 g/mol. The lowest BCUT2D eigenvalue weighted by Gasteiger charge is -2.15. The van der Waals surface area contributed by atoms with Crippen LogP contribution in [0.5, 0.6) is 0 Å². The van der Waals surface area contributed by atoms with Crippen molar-refractivity contribution in [1.82, 2.24) is 10.6 Å². The average molecular weight is 533 g/mol. The third-order valence-electron chi connectivity index (χ3n) is 3.70. The number of aliphatic imine (C=N–C) groups is 1. The molecule has 0 aliphatic rings. The van der Waals surface area contributed by atoms with Crippen molar-refractivity contribution in [3.05, 3.63) is 69.8 Å². The number of halogens is 1. The lowest BCUT2D eigenvalue weighted by atomic mass is 10.2. The standard InChI is InChI=1S/C18H23N5O4S.HI/c1-13(2)22-18(20-11-14-3-7-16(8-4-14)23(24)25)21-12-15-5-9-17(10-6-15)28(19,26)27;/h3-10,13H,11-12H2,1-2H3,(H2,19,26,27)(H2,20,21,22);1H. The highest BCUT2D eigenvalue weighted by molar-refractivity contribution is 14.0. The van der Waals surface area contributed by atoms with E-state index in [9.17, 15) is 18.5 Å². The molecule has 11 heteroatoms. The fourth-order valence-corrected chi connectivity index (χ4v) is 2.82. The number of nitro groups is 1. The van der Waals surface area contributed by atoms with Gasteiger partial charge < -0.3 is 10.6 Å². The van der Waals surface area contributed by atoms with Gasteiger partial charge in [0, 0.05) is 24.7 Å². The molecule has 2 aromatic rings. The van der Waals surface area contributed by atoms with E-state index < -0.39 is 14.9 Å². The normalized spacial score (nSPS) is 11.7. The van der Waals surface area contributed by atoms with E-state index in [1.165, 1.54) is 24.3 Å². The maximum absolute atomic E-state index is 11.3. The van der Waals surface area contributed by atoms with Crippen LogP contribution in [0.2, 0.25) is 0 Å². The molecule has 0 amide bonds. The summed E-state index contributed by atoms with van der Waals surface area (Å²) in [5.74, 6) is 0.573. The van der Waals surface area contributed by atoms with E-state index in [-0.39, 0.29) is 40.6 Å². The maximum atomic E-state index is 11.3. The number of sulfonamides is 1. The first-order valence-electron chi connectivity index (χ1n) is 8.55. The van der Waals surface area contributed by atoms with Gasteiger partial charge in [-0.05, 0) is 37.1 Å². The largest absolute Gasteiger partial charge is 0.354 e. The molecule has 0 fully saturated rings. The van der Waals surface area contributed by atoms with E-state index in [4.69, 9.17) is 5.14 Å². The number of benzene rings is 2. The van der Waals surface area contributed by atoms with E-state index in [0.717, 1.165) is 11.1 Å². The Bertz CT molecular complexity index is 945. The Morgan fingerprint density at radius 3 is 2.14 bits per heavy atom. The Balaban J connectivity index is 0.00000420. The fraction of sp³-hybridized carbons (Fsp3) is 0.278. The molecule has 2 rings (SSSR count). The molecule has 158 valence electrons. The quantitative estimate of drug-likeness (QED) is 0.164. The summed E-state index contributed by atoms with van der Waals surface area (Å²) in [6, 6.07) is 12.6. The topological polar surface area (TPSA) is 140 Å². The van der Waals surface area contributed by atoms with Crippen LogP contribution < -0.4 is 15.8 Å². The molecule has 9 nitrogen and oxygen atoms in total. The second kappa shape index (κ2) is 11.1. The van der Waals surface area contributed by atoms with Crippen LogP contribution in [0.1, 0.15) is 25.0 Å². The van der Waals surface area contributed by atoms with Gasteiger partial charge in [0.15, 0.2) is 5.96 Å². The minimum atomic E-state index is -3.72. The van der Waals surface area contributed by atoms with E-state index >= 15 is 0 Å². The van der Waals surface area contributed by atoms with E-state index in [1.54, 1.807) is 24.3 Å². The van der Waals surface area contributed by atoms with Gasteiger partial charge in [-0.15, -0.1) is 24.0 Å². The second-order valence-corrected chi connectivity index (χ2v) is 7.99. The Morgan fingerprint density at radius 2 is 1.66 bits per heavy atom. The van der Waals surface area contributed by atoms with E-state index in [0.29, 0.717) is 19.0 Å². The van der Waals surface area contributed by atoms with Crippen molar-refractivity contribution in [1.29, 1.82) is 0 Å². The van der Waals surface area contributed by atoms with Crippen molar-refractivity contribution in [2.45, 2.75) is 37.9 Å². The van der Waals surface area contributed by atoms with Crippen LogP contribution in [0.25, 0.3) is 0 Å². The molecule has 4 N–H and O–H groups in total. The zero-order chi connectivity index (χ0) is 20.7. The molecule has 0 spiro atoms. The lowest BCUT2D eigenvalue weighted by molar-refractivity contribution is -0.384. The number of hydrogen-bond donors (Lipinski definition) is 3. The third kappa shape index (κ3) is 8.33. The Morgan fingerprint density at radius 1 is 1.10 bits per heavy atom. The molecule has 0 unspecified atom stereocenters. The summed E-state index contributed by atoms with van der Waals surface area (Å²) in [5, 5.41) is 22.2. The first-order valence-corrected chi connectivity index (χ1v) is 10.1. The molecule has 0 aliphatic heterocycles. The molecule has 29 heavy (non-hydrogen) atoms. The summed E-state index contributed by atoms with van der Waals surface area (Å²) in [7, 11) is -3.72. The summed E-state index contributed by atoms with van der Waals surface area (Å²) < 4.78 is 22.6. The van der Waals surface area contributed by atoms with E-state index in [2.05, 4.69) is 15.6 Å². The number of nitrogens with one attached hydrogen (secondary N) is 2. The van der Waals surface area contributed by atoms with Gasteiger partial charge in [0.2, 0.25) is 10.0 Å². The van der Waals surface area contributed by atoms with Gasteiger partial charge in [-0.3, -0.25) is 10.1 Å². The number of nitro benzene ring substituents is 1. The number of guanidine groups is 1. The molecule has 2 aromatic carbocycles. The summed E-state index contributed by atoms with van der Waals surface area (Å²) in [6.45, 7) is 4.74. The number of hydrogen-bond acceptors (Lipinski definition) is 5. The SMILES string of the molecule is CC(C)NC(=NCc1ccc(S(N)(=O)=O)cc1)NCc1ccc([N+](=O)[O-])cc1.I. The van der Waals surface area contributed by atoms with Gasteiger partial charge in [0.25, 0.3) is 5.69 Å². The van der Waals surface area contributed by atoms with Crippen LogP contribution in [0.15, 0.2) is 58.4 Å². The summed E-state index contributed by atoms with van der Waals surface area (Å²) in [4.78, 5) is 14.8. The lowest BCUT2D eigenvalue weighted by Crippen LogP contribution is -2.40. The zero-order valence-corrected chi connectivity index (χ0v) is 19.2. The van der Waals surface area contributed by atoms with Crippen LogP contribution in [-0.2, 0) is 23.1 Å². The number of primary sulfonamides is 1. The van der Waals surface area contributed by atoms with Gasteiger partial charge in [0.05, 0.1) is 16.4 Å². The van der Waals surface area contributed by atoms with Crippen molar-refractivity contribution in [2.75, 3.05) is 0 Å². The van der Waals surface area contributed by atoms with Gasteiger partial charge in [-0.2, -0.15) is 0 Å². The van der Waals surface area contributed by atoms with E-state index in [1.807, 2.05) is 13.8 Å². The first-order chi connectivity index (χ1) is 13.1. The summed E-state index contributed by atoms with van der Waals surface area (Å²) in [5.41, 5.74) is 1.75. The third-order valence-corrected chi connectivity index (χ3v) is 4.63. The predicted octanol–water partition coefficient (Wildman–Crippen LogP) is 2.50. The highest BCUT2D eigenvalue weighted by atomic mass is 127. The van der Waals surface area contributed by atoms with Crippen molar-refractivity contribution >= 4 is 45.6 Å². The van der Waals surface area contributed by atoms with Crippen LogP contribution in [0.3, 0.4) is 0 Å². The number of rotatable bonds is 7. The molecular weight excluding hydrogens is 509 g/mol. The molecule has 0 aliphatic carbocycles. The molecule has 0 heterocycles. The number of nitrogens with two attached hydrogens (primary N) is 1. The zero-order valence-electron chi connectivity index (χ0n) is 16.0. The van der Waals surface area contributed by atoms with Crippen molar-refractivity contribution in [2.24, 2.45) is 10.1 Å². The van der Waals surface area contributed by atoms with Crippen LogP contribution in [0, 0.1) is 10.1 Å².